The summed E-state index contributed by atoms with van der Waals surface area (Å²) in [6.45, 7) is 4.09. The number of benzene rings is 1. The Morgan fingerprint density at radius 1 is 1.33 bits per heavy atom. The van der Waals surface area contributed by atoms with Gasteiger partial charge in [-0.3, -0.25) is 4.68 Å². The third-order valence-corrected chi connectivity index (χ3v) is 2.85. The Morgan fingerprint density at radius 2 is 2.06 bits per heavy atom. The van der Waals surface area contributed by atoms with E-state index < -0.39 is 17.7 Å². The fraction of sp³-hybridized carbons (Fsp3) is 0.308. The molecule has 5 heteroatoms. The smallest absolute Gasteiger partial charge is 0.163 e. The van der Waals surface area contributed by atoms with Gasteiger partial charge < -0.3 is 5.73 Å². The second kappa shape index (κ2) is 4.86. The van der Waals surface area contributed by atoms with Crippen LogP contribution in [0.25, 0.3) is 0 Å². The summed E-state index contributed by atoms with van der Waals surface area (Å²) in [6.07, 6.45) is 0. The summed E-state index contributed by atoms with van der Waals surface area (Å²) in [5.74, 6) is -1.76. The van der Waals surface area contributed by atoms with Crippen LogP contribution >= 0.6 is 0 Å². The Bertz CT molecular complexity index is 563. The van der Waals surface area contributed by atoms with E-state index in [0.29, 0.717) is 6.54 Å². The summed E-state index contributed by atoms with van der Waals surface area (Å²) < 4.78 is 28.4. The lowest BCUT2D eigenvalue weighted by molar-refractivity contribution is 0.460. The van der Waals surface area contributed by atoms with Crippen LogP contribution in [0, 0.1) is 25.5 Å². The highest BCUT2D eigenvalue weighted by Crippen LogP contribution is 2.19. The lowest BCUT2D eigenvalue weighted by atomic mass is 10.1. The van der Waals surface area contributed by atoms with Crippen molar-refractivity contribution in [1.82, 2.24) is 9.78 Å². The molecule has 0 spiro atoms. The van der Waals surface area contributed by atoms with E-state index >= 15 is 0 Å². The van der Waals surface area contributed by atoms with Gasteiger partial charge in [0.15, 0.2) is 11.6 Å². The van der Waals surface area contributed by atoms with Gasteiger partial charge in [-0.15, -0.1) is 0 Å². The molecule has 0 aliphatic carbocycles. The average Bonchev–Trinajstić information content (AvgIpc) is 2.61. The number of nitrogens with zero attached hydrogens (tertiary/aromatic N) is 2. The topological polar surface area (TPSA) is 43.8 Å². The number of rotatable bonds is 3. The van der Waals surface area contributed by atoms with Gasteiger partial charge in [-0.1, -0.05) is 12.1 Å². The van der Waals surface area contributed by atoms with Crippen molar-refractivity contribution in [3.05, 3.63) is 52.9 Å². The van der Waals surface area contributed by atoms with Crippen LogP contribution in [0.4, 0.5) is 8.78 Å². The zero-order valence-corrected chi connectivity index (χ0v) is 10.3. The molecule has 0 saturated carbocycles. The van der Waals surface area contributed by atoms with Crippen molar-refractivity contribution in [1.29, 1.82) is 0 Å². The fourth-order valence-electron chi connectivity index (χ4n) is 1.95. The summed E-state index contributed by atoms with van der Waals surface area (Å²) in [5, 5.41) is 4.25. The summed E-state index contributed by atoms with van der Waals surface area (Å²) in [4.78, 5) is 0. The van der Waals surface area contributed by atoms with E-state index in [9.17, 15) is 8.78 Å². The molecule has 1 aromatic carbocycles. The van der Waals surface area contributed by atoms with Gasteiger partial charge in [-0.2, -0.15) is 5.10 Å². The minimum atomic E-state index is -0.883. The Balaban J connectivity index is 2.24. The Morgan fingerprint density at radius 3 is 2.67 bits per heavy atom. The highest BCUT2D eigenvalue weighted by molar-refractivity contribution is 5.22. The maximum Gasteiger partial charge on any atom is 0.163 e. The SMILES string of the molecule is Cc1cc(C)n(CC(N)c2cccc(F)c2F)n1. The molecule has 18 heavy (non-hydrogen) atoms. The van der Waals surface area contributed by atoms with Gasteiger partial charge in [0, 0.05) is 11.3 Å². The van der Waals surface area contributed by atoms with E-state index in [1.807, 2.05) is 19.9 Å². The predicted octanol–water partition coefficient (Wildman–Crippen LogP) is 2.48. The number of nitrogens with two attached hydrogens (primary N) is 1. The second-order valence-corrected chi connectivity index (χ2v) is 4.36. The van der Waals surface area contributed by atoms with E-state index in [1.54, 1.807) is 4.68 Å². The summed E-state index contributed by atoms with van der Waals surface area (Å²) in [6, 6.07) is 5.31. The zero-order valence-electron chi connectivity index (χ0n) is 10.3. The molecule has 0 radical (unpaired) electrons. The van der Waals surface area contributed by atoms with Crippen molar-refractivity contribution >= 4 is 0 Å². The largest absolute Gasteiger partial charge is 0.322 e. The minimum absolute atomic E-state index is 0.169. The Hall–Kier alpha value is -1.75. The van der Waals surface area contributed by atoms with Crippen molar-refractivity contribution in [2.75, 3.05) is 0 Å². The van der Waals surface area contributed by atoms with E-state index in [0.717, 1.165) is 17.5 Å². The molecular formula is C13H15F2N3. The zero-order chi connectivity index (χ0) is 13.3. The number of aromatic nitrogens is 2. The van der Waals surface area contributed by atoms with Crippen LogP contribution in [0.2, 0.25) is 0 Å². The van der Waals surface area contributed by atoms with Crippen molar-refractivity contribution in [2.45, 2.75) is 26.4 Å². The van der Waals surface area contributed by atoms with Crippen molar-refractivity contribution < 1.29 is 8.78 Å². The summed E-state index contributed by atoms with van der Waals surface area (Å²) >= 11 is 0. The van der Waals surface area contributed by atoms with Crippen LogP contribution in [0.1, 0.15) is 23.0 Å². The van der Waals surface area contributed by atoms with Gasteiger partial charge in [0.1, 0.15) is 0 Å². The first-order valence-corrected chi connectivity index (χ1v) is 5.69. The van der Waals surface area contributed by atoms with Gasteiger partial charge in [0.05, 0.1) is 18.3 Å². The van der Waals surface area contributed by atoms with Crippen molar-refractivity contribution in [2.24, 2.45) is 5.73 Å². The van der Waals surface area contributed by atoms with E-state index in [4.69, 9.17) is 5.73 Å². The molecule has 0 aliphatic rings. The quantitative estimate of drug-likeness (QED) is 0.910. The molecule has 1 heterocycles. The summed E-state index contributed by atoms with van der Waals surface area (Å²) in [7, 11) is 0. The third-order valence-electron chi connectivity index (χ3n) is 2.85. The molecule has 96 valence electrons. The molecule has 2 N–H and O–H groups in total. The Kier molecular flexibility index (Phi) is 3.43. The van der Waals surface area contributed by atoms with Crippen molar-refractivity contribution in [3.63, 3.8) is 0 Å². The van der Waals surface area contributed by atoms with Gasteiger partial charge in [0.2, 0.25) is 0 Å². The standard InChI is InChI=1S/C13H15F2N3/c1-8-6-9(2)18(17-8)7-12(16)10-4-3-5-11(14)13(10)15/h3-6,12H,7,16H2,1-2H3. The van der Waals surface area contributed by atoms with E-state index in [1.165, 1.54) is 12.1 Å². The van der Waals surface area contributed by atoms with Crippen LogP contribution in [0.5, 0.6) is 0 Å². The van der Waals surface area contributed by atoms with Gasteiger partial charge in [-0.05, 0) is 26.0 Å². The van der Waals surface area contributed by atoms with Crippen LogP contribution in [0.15, 0.2) is 24.3 Å². The predicted molar refractivity (Wildman–Crippen MR) is 65.0 cm³/mol. The maximum absolute atomic E-state index is 13.6. The first-order chi connectivity index (χ1) is 8.49. The first kappa shape index (κ1) is 12.7. The Labute approximate surface area is 104 Å². The molecule has 0 saturated heterocycles. The molecular weight excluding hydrogens is 236 g/mol. The van der Waals surface area contributed by atoms with Gasteiger partial charge in [0.25, 0.3) is 0 Å². The maximum atomic E-state index is 13.6. The second-order valence-electron chi connectivity index (χ2n) is 4.36. The minimum Gasteiger partial charge on any atom is -0.322 e. The van der Waals surface area contributed by atoms with Crippen LogP contribution in [0.3, 0.4) is 0 Å². The first-order valence-electron chi connectivity index (χ1n) is 5.69. The van der Waals surface area contributed by atoms with Gasteiger partial charge in [-0.25, -0.2) is 8.78 Å². The number of halogens is 2. The molecule has 2 rings (SSSR count). The summed E-state index contributed by atoms with van der Waals surface area (Å²) in [5.41, 5.74) is 7.90. The monoisotopic (exact) mass is 251 g/mol. The normalized spacial score (nSPS) is 12.7. The van der Waals surface area contributed by atoms with Crippen LogP contribution < -0.4 is 5.73 Å². The molecule has 3 nitrogen and oxygen atoms in total. The molecule has 0 bridgehead atoms. The highest BCUT2D eigenvalue weighted by Gasteiger charge is 2.16. The molecule has 0 amide bonds. The van der Waals surface area contributed by atoms with Crippen molar-refractivity contribution in [3.8, 4) is 0 Å². The molecule has 2 aromatic rings. The lowest BCUT2D eigenvalue weighted by Crippen LogP contribution is -2.20. The molecule has 1 unspecified atom stereocenters. The van der Waals surface area contributed by atoms with Gasteiger partial charge >= 0.3 is 0 Å². The molecule has 1 atom stereocenters. The molecule has 1 aromatic heterocycles. The lowest BCUT2D eigenvalue weighted by Gasteiger charge is -2.14. The average molecular weight is 251 g/mol. The number of hydrogen-bond acceptors (Lipinski definition) is 2. The highest BCUT2D eigenvalue weighted by atomic mass is 19.2. The molecule has 0 fully saturated rings. The fourth-order valence-corrected chi connectivity index (χ4v) is 1.95. The van der Waals surface area contributed by atoms with Crippen LogP contribution in [-0.4, -0.2) is 9.78 Å². The number of aryl methyl sites for hydroxylation is 2. The van der Waals surface area contributed by atoms with E-state index in [-0.39, 0.29) is 5.56 Å². The third kappa shape index (κ3) is 2.41. The molecule has 0 aliphatic heterocycles. The van der Waals surface area contributed by atoms with Crippen LogP contribution in [-0.2, 0) is 6.54 Å². The van der Waals surface area contributed by atoms with E-state index in [2.05, 4.69) is 5.10 Å². The number of hydrogen-bond donors (Lipinski definition) is 1.